The highest BCUT2D eigenvalue weighted by Gasteiger charge is 2.06. The Balaban J connectivity index is 2.30. The summed E-state index contributed by atoms with van der Waals surface area (Å²) in [6, 6.07) is 2.00. The van der Waals surface area contributed by atoms with Gasteiger partial charge in [-0.3, -0.25) is 13.8 Å². The summed E-state index contributed by atoms with van der Waals surface area (Å²) in [6.07, 6.45) is 3.62. The van der Waals surface area contributed by atoms with Crippen molar-refractivity contribution in [3.8, 4) is 0 Å². The highest BCUT2D eigenvalue weighted by atomic mass is 16.1. The summed E-state index contributed by atoms with van der Waals surface area (Å²) in [5.41, 5.74) is 2.04. The van der Waals surface area contributed by atoms with E-state index in [1.54, 1.807) is 9.13 Å². The van der Waals surface area contributed by atoms with Gasteiger partial charge in [-0.25, -0.2) is 4.79 Å². The molecule has 0 unspecified atom stereocenters. The van der Waals surface area contributed by atoms with Crippen LogP contribution < -0.4 is 5.69 Å². The van der Waals surface area contributed by atoms with Gasteiger partial charge in [0.15, 0.2) is 0 Å². The summed E-state index contributed by atoms with van der Waals surface area (Å²) in [7, 11) is 1.89. The van der Waals surface area contributed by atoms with Gasteiger partial charge in [0.1, 0.15) is 0 Å². The van der Waals surface area contributed by atoms with E-state index in [4.69, 9.17) is 0 Å². The maximum atomic E-state index is 11.8. The maximum absolute atomic E-state index is 11.8. The van der Waals surface area contributed by atoms with Gasteiger partial charge in [0, 0.05) is 26.0 Å². The van der Waals surface area contributed by atoms with Crippen LogP contribution in [-0.2, 0) is 20.1 Å². The van der Waals surface area contributed by atoms with Gasteiger partial charge in [-0.2, -0.15) is 5.10 Å². The van der Waals surface area contributed by atoms with Gasteiger partial charge in [0.25, 0.3) is 0 Å². The molecule has 0 fully saturated rings. The Morgan fingerprint density at radius 3 is 2.50 bits per heavy atom. The smallest absolute Gasteiger partial charge is 0.300 e. The van der Waals surface area contributed by atoms with E-state index in [0.717, 1.165) is 11.4 Å². The van der Waals surface area contributed by atoms with Crippen LogP contribution in [0.3, 0.4) is 0 Å². The Bertz CT molecular complexity index is 547. The molecule has 0 aliphatic carbocycles. The molecule has 86 valence electrons. The molecular weight excluding hydrogens is 204 g/mol. The lowest BCUT2D eigenvalue weighted by Crippen LogP contribution is -2.24. The fourth-order valence-electron chi connectivity index (χ4n) is 1.80. The number of hydrogen-bond donors (Lipinski definition) is 0. The zero-order chi connectivity index (χ0) is 11.7. The van der Waals surface area contributed by atoms with E-state index in [1.165, 1.54) is 0 Å². The molecule has 2 aromatic heterocycles. The minimum atomic E-state index is 0.0290. The second-order valence-electron chi connectivity index (χ2n) is 3.90. The van der Waals surface area contributed by atoms with Gasteiger partial charge >= 0.3 is 5.69 Å². The molecule has 0 aliphatic heterocycles. The van der Waals surface area contributed by atoms with Gasteiger partial charge < -0.3 is 0 Å². The van der Waals surface area contributed by atoms with Crippen molar-refractivity contribution < 1.29 is 0 Å². The van der Waals surface area contributed by atoms with Crippen molar-refractivity contribution in [1.82, 2.24) is 18.9 Å². The quantitative estimate of drug-likeness (QED) is 0.766. The number of hydrogen-bond acceptors (Lipinski definition) is 2. The first-order valence-corrected chi connectivity index (χ1v) is 5.37. The molecule has 5 heteroatoms. The van der Waals surface area contributed by atoms with Crippen molar-refractivity contribution in [2.45, 2.75) is 26.9 Å². The molecule has 0 saturated heterocycles. The standard InChI is InChI=1S/C11H16N4O/c1-4-14-5-6-15(11(14)16)8-10-7-9(2)12-13(10)3/h5-7H,4,8H2,1-3H3. The predicted molar refractivity (Wildman–Crippen MR) is 61.4 cm³/mol. The molecule has 0 aromatic carbocycles. The topological polar surface area (TPSA) is 44.8 Å². The summed E-state index contributed by atoms with van der Waals surface area (Å²) < 4.78 is 5.19. The summed E-state index contributed by atoms with van der Waals surface area (Å²) in [4.78, 5) is 11.8. The molecular formula is C11H16N4O. The first kappa shape index (κ1) is 10.7. The average Bonchev–Trinajstić information content (AvgIpc) is 2.73. The summed E-state index contributed by atoms with van der Waals surface area (Å²) in [6.45, 7) is 5.18. The van der Waals surface area contributed by atoms with Crippen LogP contribution in [0.4, 0.5) is 0 Å². The number of aromatic nitrogens is 4. The highest BCUT2D eigenvalue weighted by molar-refractivity contribution is 5.09. The van der Waals surface area contributed by atoms with E-state index >= 15 is 0 Å². The van der Waals surface area contributed by atoms with Gasteiger partial charge in [-0.1, -0.05) is 0 Å². The molecule has 2 heterocycles. The van der Waals surface area contributed by atoms with Crippen LogP contribution in [0.1, 0.15) is 18.3 Å². The van der Waals surface area contributed by atoms with Crippen molar-refractivity contribution in [2.24, 2.45) is 7.05 Å². The molecule has 0 aliphatic rings. The van der Waals surface area contributed by atoms with Crippen molar-refractivity contribution in [3.63, 3.8) is 0 Å². The Morgan fingerprint density at radius 1 is 1.31 bits per heavy atom. The third kappa shape index (κ3) is 1.80. The maximum Gasteiger partial charge on any atom is 0.328 e. The average molecular weight is 220 g/mol. The van der Waals surface area contributed by atoms with Crippen LogP contribution in [-0.4, -0.2) is 18.9 Å². The van der Waals surface area contributed by atoms with Crippen LogP contribution in [0, 0.1) is 6.92 Å². The van der Waals surface area contributed by atoms with Crippen molar-refractivity contribution in [2.75, 3.05) is 0 Å². The molecule has 0 spiro atoms. The van der Waals surface area contributed by atoms with Crippen LogP contribution in [0.2, 0.25) is 0 Å². The Kier molecular flexibility index (Phi) is 2.68. The molecule has 5 nitrogen and oxygen atoms in total. The second-order valence-corrected chi connectivity index (χ2v) is 3.90. The van der Waals surface area contributed by atoms with Gasteiger partial charge in [0.2, 0.25) is 0 Å². The molecule has 16 heavy (non-hydrogen) atoms. The molecule has 2 rings (SSSR count). The third-order valence-corrected chi connectivity index (χ3v) is 2.69. The predicted octanol–water partition coefficient (Wildman–Crippen LogP) is 0.760. The van der Waals surface area contributed by atoms with Gasteiger partial charge in [0.05, 0.1) is 17.9 Å². The number of imidazole rings is 1. The van der Waals surface area contributed by atoms with E-state index < -0.39 is 0 Å². The van der Waals surface area contributed by atoms with Crippen LogP contribution in [0.15, 0.2) is 23.3 Å². The lowest BCUT2D eigenvalue weighted by Gasteiger charge is -2.01. The molecule has 0 saturated carbocycles. The Morgan fingerprint density at radius 2 is 2.00 bits per heavy atom. The normalized spacial score (nSPS) is 10.9. The molecule has 0 bridgehead atoms. The number of rotatable bonds is 3. The van der Waals surface area contributed by atoms with Crippen molar-refractivity contribution in [1.29, 1.82) is 0 Å². The fourth-order valence-corrected chi connectivity index (χ4v) is 1.80. The summed E-state index contributed by atoms with van der Waals surface area (Å²) in [5.74, 6) is 0. The van der Waals surface area contributed by atoms with Crippen LogP contribution >= 0.6 is 0 Å². The molecule has 0 radical (unpaired) electrons. The lowest BCUT2D eigenvalue weighted by molar-refractivity contribution is 0.626. The monoisotopic (exact) mass is 220 g/mol. The lowest BCUT2D eigenvalue weighted by atomic mass is 10.3. The van der Waals surface area contributed by atoms with E-state index in [9.17, 15) is 4.79 Å². The number of nitrogens with zero attached hydrogens (tertiary/aromatic N) is 4. The molecule has 0 N–H and O–H groups in total. The second kappa shape index (κ2) is 4.00. The van der Waals surface area contributed by atoms with Gasteiger partial charge in [-0.15, -0.1) is 0 Å². The van der Waals surface area contributed by atoms with E-state index in [1.807, 2.05) is 44.0 Å². The third-order valence-electron chi connectivity index (χ3n) is 2.69. The van der Waals surface area contributed by atoms with Crippen LogP contribution in [0.25, 0.3) is 0 Å². The highest BCUT2D eigenvalue weighted by Crippen LogP contribution is 2.03. The van der Waals surface area contributed by atoms with E-state index in [2.05, 4.69) is 5.10 Å². The SMILES string of the molecule is CCn1ccn(Cc2cc(C)nn2C)c1=O. The fraction of sp³-hybridized carbons (Fsp3) is 0.455. The molecule has 0 amide bonds. The summed E-state index contributed by atoms with van der Waals surface area (Å²) in [5, 5.41) is 4.26. The van der Waals surface area contributed by atoms with E-state index in [-0.39, 0.29) is 5.69 Å². The molecule has 0 atom stereocenters. The largest absolute Gasteiger partial charge is 0.328 e. The zero-order valence-corrected chi connectivity index (χ0v) is 9.84. The van der Waals surface area contributed by atoms with Gasteiger partial charge in [-0.05, 0) is 19.9 Å². The minimum absolute atomic E-state index is 0.0290. The Hall–Kier alpha value is -1.78. The van der Waals surface area contributed by atoms with E-state index in [0.29, 0.717) is 13.1 Å². The summed E-state index contributed by atoms with van der Waals surface area (Å²) >= 11 is 0. The first-order chi connectivity index (χ1) is 7.61. The van der Waals surface area contributed by atoms with Crippen molar-refractivity contribution in [3.05, 3.63) is 40.3 Å². The minimum Gasteiger partial charge on any atom is -0.300 e. The Labute approximate surface area is 93.9 Å². The first-order valence-electron chi connectivity index (χ1n) is 5.37. The zero-order valence-electron chi connectivity index (χ0n) is 9.84. The van der Waals surface area contributed by atoms with Crippen LogP contribution in [0.5, 0.6) is 0 Å². The molecule has 2 aromatic rings. The van der Waals surface area contributed by atoms with Crippen molar-refractivity contribution >= 4 is 0 Å². The number of aryl methyl sites for hydroxylation is 3.